The molecule has 0 aliphatic carbocycles. The quantitative estimate of drug-likeness (QED) is 0.289. The minimum absolute atomic E-state index is 0.152. The van der Waals surface area contributed by atoms with Crippen molar-refractivity contribution in [2.45, 2.75) is 53.4 Å². The molecule has 194 valence electrons. The standard InChI is InChI=1S/C32H34N4O2/c1-6-23-10-8-12-26(18-23)35-31(37)28(21(4)33-35)30(25-16-14-20(3)15-17-25)29-22(5)34-36(32(29)38)27-13-9-11-24(7-2)19-27/h8-19,30,33-34H,6-7H2,1-5H3. The van der Waals surface area contributed by atoms with E-state index in [2.05, 4.69) is 36.2 Å². The van der Waals surface area contributed by atoms with Gasteiger partial charge in [0.25, 0.3) is 11.1 Å². The van der Waals surface area contributed by atoms with E-state index in [1.165, 1.54) is 0 Å². The number of rotatable bonds is 7. The Balaban J connectivity index is 1.74. The number of hydrogen-bond donors (Lipinski definition) is 2. The van der Waals surface area contributed by atoms with E-state index in [4.69, 9.17) is 0 Å². The highest BCUT2D eigenvalue weighted by molar-refractivity contribution is 5.48. The lowest BCUT2D eigenvalue weighted by Gasteiger charge is -2.16. The van der Waals surface area contributed by atoms with Crippen molar-refractivity contribution in [2.75, 3.05) is 0 Å². The summed E-state index contributed by atoms with van der Waals surface area (Å²) in [5.74, 6) is -0.533. The third-order valence-corrected chi connectivity index (χ3v) is 7.38. The average molecular weight is 507 g/mol. The number of H-pyrrole nitrogens is 2. The van der Waals surface area contributed by atoms with Crippen LogP contribution in [0.1, 0.15) is 64.5 Å². The van der Waals surface area contributed by atoms with Crippen LogP contribution in [-0.2, 0) is 12.8 Å². The predicted octanol–water partition coefficient (Wildman–Crippen LogP) is 5.87. The van der Waals surface area contributed by atoms with E-state index in [-0.39, 0.29) is 11.1 Å². The molecule has 2 heterocycles. The zero-order valence-electron chi connectivity index (χ0n) is 22.6. The fraction of sp³-hybridized carbons (Fsp3) is 0.250. The number of aromatic nitrogens is 4. The zero-order chi connectivity index (χ0) is 27.0. The monoisotopic (exact) mass is 506 g/mol. The lowest BCUT2D eigenvalue weighted by Crippen LogP contribution is -2.25. The van der Waals surface area contributed by atoms with Gasteiger partial charge in [0.15, 0.2) is 0 Å². The van der Waals surface area contributed by atoms with Gasteiger partial charge in [-0.15, -0.1) is 0 Å². The molecular weight excluding hydrogens is 472 g/mol. The fourth-order valence-corrected chi connectivity index (χ4v) is 5.23. The molecule has 0 saturated carbocycles. The van der Waals surface area contributed by atoms with Crippen molar-refractivity contribution in [3.8, 4) is 11.4 Å². The maximum atomic E-state index is 14.0. The average Bonchev–Trinajstić information content (AvgIpc) is 3.40. The number of nitrogens with zero attached hydrogens (tertiary/aromatic N) is 2. The van der Waals surface area contributed by atoms with Gasteiger partial charge in [-0.1, -0.05) is 67.9 Å². The van der Waals surface area contributed by atoms with Gasteiger partial charge in [0.1, 0.15) is 0 Å². The molecule has 6 heteroatoms. The SMILES string of the molecule is CCc1cccc(-n2[nH]c(C)c(C(c3ccc(C)cc3)c3c(C)[nH]n(-c4cccc(CC)c4)c3=O)c2=O)c1. The molecule has 0 atom stereocenters. The first-order valence-corrected chi connectivity index (χ1v) is 13.2. The van der Waals surface area contributed by atoms with Gasteiger partial charge in [-0.2, -0.15) is 0 Å². The van der Waals surface area contributed by atoms with Crippen molar-refractivity contribution in [1.29, 1.82) is 0 Å². The van der Waals surface area contributed by atoms with E-state index in [1.54, 1.807) is 9.36 Å². The van der Waals surface area contributed by atoms with E-state index in [9.17, 15) is 9.59 Å². The molecule has 0 saturated heterocycles. The van der Waals surface area contributed by atoms with Gasteiger partial charge < -0.3 is 0 Å². The highest BCUT2D eigenvalue weighted by atomic mass is 16.1. The maximum absolute atomic E-state index is 14.0. The maximum Gasteiger partial charge on any atom is 0.275 e. The summed E-state index contributed by atoms with van der Waals surface area (Å²) in [7, 11) is 0. The Hall–Kier alpha value is -4.32. The van der Waals surface area contributed by atoms with Crippen LogP contribution < -0.4 is 11.1 Å². The van der Waals surface area contributed by atoms with Crippen LogP contribution >= 0.6 is 0 Å². The van der Waals surface area contributed by atoms with Crippen LogP contribution in [0.2, 0.25) is 0 Å². The first-order chi connectivity index (χ1) is 18.3. The largest absolute Gasteiger partial charge is 0.295 e. The van der Waals surface area contributed by atoms with Crippen LogP contribution in [-0.4, -0.2) is 19.6 Å². The second-order valence-corrected chi connectivity index (χ2v) is 9.97. The molecule has 0 fully saturated rings. The molecule has 0 unspecified atom stereocenters. The second-order valence-electron chi connectivity index (χ2n) is 9.97. The molecule has 5 rings (SSSR count). The molecule has 0 radical (unpaired) electrons. The molecule has 0 spiro atoms. The third-order valence-electron chi connectivity index (χ3n) is 7.38. The van der Waals surface area contributed by atoms with Crippen molar-refractivity contribution in [3.05, 3.63) is 138 Å². The summed E-state index contributed by atoms with van der Waals surface area (Å²) >= 11 is 0. The highest BCUT2D eigenvalue weighted by Gasteiger charge is 2.30. The van der Waals surface area contributed by atoms with Crippen LogP contribution in [0.5, 0.6) is 0 Å². The third kappa shape index (κ3) is 4.47. The summed E-state index contributed by atoms with van der Waals surface area (Å²) in [5, 5.41) is 6.58. The second kappa shape index (κ2) is 10.2. The Labute approximate surface area is 222 Å². The summed E-state index contributed by atoms with van der Waals surface area (Å²) in [4.78, 5) is 28.1. The first kappa shape index (κ1) is 25.3. The summed E-state index contributed by atoms with van der Waals surface area (Å²) in [6.07, 6.45) is 1.75. The van der Waals surface area contributed by atoms with Crippen LogP contribution in [0, 0.1) is 20.8 Å². The number of hydrogen-bond acceptors (Lipinski definition) is 2. The Morgan fingerprint density at radius 2 is 1.11 bits per heavy atom. The molecule has 6 nitrogen and oxygen atoms in total. The number of aryl methyl sites for hydroxylation is 5. The van der Waals surface area contributed by atoms with E-state index >= 15 is 0 Å². The smallest absolute Gasteiger partial charge is 0.275 e. The molecule has 0 aliphatic heterocycles. The number of nitrogens with one attached hydrogen (secondary N) is 2. The molecular formula is C32H34N4O2. The van der Waals surface area contributed by atoms with Crippen LogP contribution in [0.4, 0.5) is 0 Å². The molecule has 0 amide bonds. The van der Waals surface area contributed by atoms with E-state index in [0.29, 0.717) is 11.1 Å². The van der Waals surface area contributed by atoms with Gasteiger partial charge in [-0.25, -0.2) is 9.36 Å². The van der Waals surface area contributed by atoms with E-state index < -0.39 is 5.92 Å². The van der Waals surface area contributed by atoms with Crippen molar-refractivity contribution in [3.63, 3.8) is 0 Å². The Morgan fingerprint density at radius 3 is 1.53 bits per heavy atom. The van der Waals surface area contributed by atoms with Gasteiger partial charge in [0, 0.05) is 17.3 Å². The van der Waals surface area contributed by atoms with Gasteiger partial charge >= 0.3 is 0 Å². The van der Waals surface area contributed by atoms with Gasteiger partial charge in [0.05, 0.1) is 22.5 Å². The minimum atomic E-state index is -0.533. The molecule has 3 aromatic carbocycles. The van der Waals surface area contributed by atoms with E-state index in [0.717, 1.165) is 57.9 Å². The van der Waals surface area contributed by atoms with Crippen molar-refractivity contribution < 1.29 is 0 Å². The van der Waals surface area contributed by atoms with Crippen LogP contribution in [0.25, 0.3) is 11.4 Å². The summed E-state index contributed by atoms with van der Waals surface area (Å²) in [6, 6.07) is 24.0. The van der Waals surface area contributed by atoms with Crippen LogP contribution in [0.3, 0.4) is 0 Å². The predicted molar refractivity (Wildman–Crippen MR) is 153 cm³/mol. The van der Waals surface area contributed by atoms with E-state index in [1.807, 2.05) is 81.4 Å². The molecule has 2 aromatic heterocycles. The number of benzene rings is 3. The summed E-state index contributed by atoms with van der Waals surface area (Å²) < 4.78 is 3.19. The van der Waals surface area contributed by atoms with Gasteiger partial charge in [0.2, 0.25) is 0 Å². The highest BCUT2D eigenvalue weighted by Crippen LogP contribution is 2.32. The Morgan fingerprint density at radius 1 is 0.658 bits per heavy atom. The van der Waals surface area contributed by atoms with Crippen molar-refractivity contribution >= 4 is 0 Å². The van der Waals surface area contributed by atoms with Crippen molar-refractivity contribution in [1.82, 2.24) is 19.6 Å². The normalized spacial score (nSPS) is 11.4. The lowest BCUT2D eigenvalue weighted by atomic mass is 9.85. The molecule has 2 N–H and O–H groups in total. The fourth-order valence-electron chi connectivity index (χ4n) is 5.23. The Kier molecular flexibility index (Phi) is 6.81. The zero-order valence-corrected chi connectivity index (χ0v) is 22.6. The number of aromatic amines is 2. The Bertz CT molecular complexity index is 1610. The summed E-state index contributed by atoms with van der Waals surface area (Å²) in [6.45, 7) is 10.0. The first-order valence-electron chi connectivity index (χ1n) is 13.2. The topological polar surface area (TPSA) is 75.6 Å². The molecule has 0 aliphatic rings. The molecule has 0 bridgehead atoms. The molecule has 38 heavy (non-hydrogen) atoms. The van der Waals surface area contributed by atoms with Gasteiger partial charge in [-0.3, -0.25) is 19.8 Å². The summed E-state index contributed by atoms with van der Waals surface area (Å²) in [5.41, 5.74) is 8.20. The lowest BCUT2D eigenvalue weighted by molar-refractivity contribution is 0.828. The van der Waals surface area contributed by atoms with Crippen LogP contribution in [0.15, 0.2) is 82.4 Å². The molecule has 5 aromatic rings. The van der Waals surface area contributed by atoms with Gasteiger partial charge in [-0.05, 0) is 74.6 Å². The van der Waals surface area contributed by atoms with Crippen molar-refractivity contribution in [2.24, 2.45) is 0 Å². The minimum Gasteiger partial charge on any atom is -0.295 e.